The molecule has 0 aromatic rings. The van der Waals surface area contributed by atoms with E-state index in [2.05, 4.69) is 5.32 Å². The van der Waals surface area contributed by atoms with Crippen LogP contribution in [0.4, 0.5) is 0 Å². The van der Waals surface area contributed by atoms with Crippen LogP contribution in [0.1, 0.15) is 40.5 Å². The van der Waals surface area contributed by atoms with Crippen LogP contribution in [0.15, 0.2) is 0 Å². The Bertz CT molecular complexity index is 408. The molecule has 19 heavy (non-hydrogen) atoms. The number of carbonyl (C=O) groups is 1. The quantitative estimate of drug-likeness (QED) is 0.805. The Hall–Kier alpha value is -0.660. The fourth-order valence-corrected chi connectivity index (χ4v) is 3.71. The molecule has 1 aliphatic rings. The molecular formula is C12H25N3O3S. The lowest BCUT2D eigenvalue weighted by Gasteiger charge is -2.27. The van der Waals surface area contributed by atoms with Crippen molar-refractivity contribution < 1.29 is 13.2 Å². The normalized spacial score (nSPS) is 17.9. The number of rotatable bonds is 5. The molecule has 1 fully saturated rings. The molecule has 1 N–H and O–H groups in total. The molecule has 0 aromatic heterocycles. The molecule has 0 bridgehead atoms. The van der Waals surface area contributed by atoms with Crippen LogP contribution in [0.2, 0.25) is 0 Å². The molecule has 0 radical (unpaired) electrons. The Balaban J connectivity index is 2.69. The summed E-state index contributed by atoms with van der Waals surface area (Å²) in [6.45, 7) is 8.66. The molecule has 6 nitrogen and oxygen atoms in total. The van der Waals surface area contributed by atoms with E-state index in [4.69, 9.17) is 0 Å². The number of amides is 1. The van der Waals surface area contributed by atoms with Gasteiger partial charge in [0.2, 0.25) is 5.91 Å². The zero-order valence-corrected chi connectivity index (χ0v) is 13.1. The third-order valence-electron chi connectivity index (χ3n) is 2.90. The van der Waals surface area contributed by atoms with E-state index in [1.54, 1.807) is 6.92 Å². The smallest absolute Gasteiger partial charge is 0.282 e. The highest BCUT2D eigenvalue weighted by atomic mass is 32.2. The molecule has 112 valence electrons. The highest BCUT2D eigenvalue weighted by Crippen LogP contribution is 2.16. The van der Waals surface area contributed by atoms with E-state index in [0.717, 1.165) is 12.8 Å². The molecule has 0 unspecified atom stereocenters. The van der Waals surface area contributed by atoms with E-state index in [1.165, 1.54) is 8.61 Å². The van der Waals surface area contributed by atoms with Crippen molar-refractivity contribution in [2.75, 3.05) is 26.2 Å². The second-order valence-electron chi connectivity index (χ2n) is 5.84. The zero-order chi connectivity index (χ0) is 14.7. The first-order chi connectivity index (χ1) is 8.66. The number of likely N-dealkylation sites (N-methyl/N-ethyl adjacent to an activating group) is 1. The SMILES string of the molecule is CCN(CC(=O)NC(C)(C)C)S(=O)(=O)N1CCCC1. The van der Waals surface area contributed by atoms with Crippen LogP contribution in [0.3, 0.4) is 0 Å². The first kappa shape index (κ1) is 16.4. The van der Waals surface area contributed by atoms with E-state index < -0.39 is 10.2 Å². The van der Waals surface area contributed by atoms with Crippen LogP contribution < -0.4 is 5.32 Å². The van der Waals surface area contributed by atoms with Gasteiger partial charge in [0.25, 0.3) is 10.2 Å². The maximum Gasteiger partial charge on any atom is 0.282 e. The molecule has 0 saturated carbocycles. The van der Waals surface area contributed by atoms with Crippen LogP contribution in [0.5, 0.6) is 0 Å². The van der Waals surface area contributed by atoms with Gasteiger partial charge >= 0.3 is 0 Å². The summed E-state index contributed by atoms with van der Waals surface area (Å²) in [6, 6.07) is 0. The van der Waals surface area contributed by atoms with Gasteiger partial charge in [-0.15, -0.1) is 0 Å². The maximum atomic E-state index is 12.3. The standard InChI is InChI=1S/C12H25N3O3S/c1-5-14(10-11(16)13-12(2,3)4)19(17,18)15-8-6-7-9-15/h5-10H2,1-4H3,(H,13,16). The highest BCUT2D eigenvalue weighted by molar-refractivity contribution is 7.86. The molecule has 1 aliphatic heterocycles. The van der Waals surface area contributed by atoms with Gasteiger partial charge in [-0.3, -0.25) is 4.79 Å². The molecule has 1 rings (SSSR count). The molecule has 7 heteroatoms. The van der Waals surface area contributed by atoms with Crippen molar-refractivity contribution in [2.24, 2.45) is 0 Å². The minimum absolute atomic E-state index is 0.118. The average Bonchev–Trinajstić information content (AvgIpc) is 2.76. The van der Waals surface area contributed by atoms with Crippen molar-refractivity contribution >= 4 is 16.1 Å². The van der Waals surface area contributed by atoms with Crippen LogP contribution in [0.25, 0.3) is 0 Å². The van der Waals surface area contributed by atoms with Crippen molar-refractivity contribution in [3.63, 3.8) is 0 Å². The van der Waals surface area contributed by atoms with Crippen LogP contribution in [0, 0.1) is 0 Å². The summed E-state index contributed by atoms with van der Waals surface area (Å²) in [4.78, 5) is 11.9. The van der Waals surface area contributed by atoms with Crippen molar-refractivity contribution in [2.45, 2.75) is 46.1 Å². The van der Waals surface area contributed by atoms with E-state index >= 15 is 0 Å². The second-order valence-corrected chi connectivity index (χ2v) is 7.77. The number of hydrogen-bond donors (Lipinski definition) is 1. The topological polar surface area (TPSA) is 69.7 Å². The summed E-state index contributed by atoms with van der Waals surface area (Å²) in [7, 11) is -3.50. The van der Waals surface area contributed by atoms with Gasteiger partial charge < -0.3 is 5.32 Å². The molecule has 1 amide bonds. The van der Waals surface area contributed by atoms with Crippen molar-refractivity contribution in [1.82, 2.24) is 13.9 Å². The first-order valence-electron chi connectivity index (χ1n) is 6.73. The van der Waals surface area contributed by atoms with Gasteiger partial charge in [-0.05, 0) is 33.6 Å². The van der Waals surface area contributed by atoms with Crippen LogP contribution in [-0.4, -0.2) is 54.7 Å². The molecule has 0 spiro atoms. The summed E-state index contributed by atoms with van der Waals surface area (Å²) in [6.07, 6.45) is 1.79. The van der Waals surface area contributed by atoms with Gasteiger partial charge in [0.15, 0.2) is 0 Å². The Morgan fingerprint density at radius 3 is 2.21 bits per heavy atom. The van der Waals surface area contributed by atoms with Gasteiger partial charge in [0, 0.05) is 25.2 Å². The minimum atomic E-state index is -3.50. The van der Waals surface area contributed by atoms with Crippen molar-refractivity contribution in [3.05, 3.63) is 0 Å². The Morgan fingerprint density at radius 2 is 1.79 bits per heavy atom. The van der Waals surface area contributed by atoms with E-state index in [1.807, 2.05) is 20.8 Å². The summed E-state index contributed by atoms with van der Waals surface area (Å²) < 4.78 is 27.4. The predicted octanol–water partition coefficient (Wildman–Crippen LogP) is 0.564. The maximum absolute atomic E-state index is 12.3. The average molecular weight is 291 g/mol. The highest BCUT2D eigenvalue weighted by Gasteiger charge is 2.32. The summed E-state index contributed by atoms with van der Waals surface area (Å²) >= 11 is 0. The molecule has 1 heterocycles. The Labute approximate surface area is 116 Å². The van der Waals surface area contributed by atoms with Crippen LogP contribution in [-0.2, 0) is 15.0 Å². The molecular weight excluding hydrogens is 266 g/mol. The molecule has 0 aromatic carbocycles. The monoisotopic (exact) mass is 291 g/mol. The molecule has 1 saturated heterocycles. The summed E-state index contributed by atoms with van der Waals surface area (Å²) in [5.74, 6) is -0.267. The minimum Gasteiger partial charge on any atom is -0.350 e. The molecule has 0 aliphatic carbocycles. The summed E-state index contributed by atoms with van der Waals surface area (Å²) in [5, 5.41) is 2.78. The van der Waals surface area contributed by atoms with E-state index in [0.29, 0.717) is 19.6 Å². The predicted molar refractivity (Wildman–Crippen MR) is 74.9 cm³/mol. The number of nitrogens with zero attached hydrogens (tertiary/aromatic N) is 2. The molecule has 0 atom stereocenters. The third kappa shape index (κ3) is 4.74. The fraction of sp³-hybridized carbons (Fsp3) is 0.917. The first-order valence-corrected chi connectivity index (χ1v) is 8.13. The number of carbonyl (C=O) groups excluding carboxylic acids is 1. The lowest BCUT2D eigenvalue weighted by Crippen LogP contribution is -2.50. The largest absolute Gasteiger partial charge is 0.350 e. The number of nitrogens with one attached hydrogen (secondary N) is 1. The lowest BCUT2D eigenvalue weighted by molar-refractivity contribution is -0.122. The van der Waals surface area contributed by atoms with Gasteiger partial charge in [-0.1, -0.05) is 6.92 Å². The van der Waals surface area contributed by atoms with Crippen molar-refractivity contribution in [1.29, 1.82) is 0 Å². The van der Waals surface area contributed by atoms with Gasteiger partial charge in [-0.25, -0.2) is 0 Å². The van der Waals surface area contributed by atoms with Gasteiger partial charge in [0.05, 0.1) is 6.54 Å². The third-order valence-corrected chi connectivity index (χ3v) is 4.96. The van der Waals surface area contributed by atoms with Gasteiger partial charge in [0.1, 0.15) is 0 Å². The Kier molecular flexibility index (Phi) is 5.34. The van der Waals surface area contributed by atoms with Crippen LogP contribution >= 0.6 is 0 Å². The lowest BCUT2D eigenvalue weighted by atomic mass is 10.1. The van der Waals surface area contributed by atoms with E-state index in [-0.39, 0.29) is 18.0 Å². The second kappa shape index (κ2) is 6.19. The van der Waals surface area contributed by atoms with E-state index in [9.17, 15) is 13.2 Å². The summed E-state index contributed by atoms with van der Waals surface area (Å²) in [5.41, 5.74) is -0.353. The van der Waals surface area contributed by atoms with Gasteiger partial charge in [-0.2, -0.15) is 17.0 Å². The zero-order valence-electron chi connectivity index (χ0n) is 12.3. The number of hydrogen-bond acceptors (Lipinski definition) is 3. The van der Waals surface area contributed by atoms with Crippen molar-refractivity contribution in [3.8, 4) is 0 Å². The Morgan fingerprint density at radius 1 is 1.26 bits per heavy atom. The fourth-order valence-electron chi connectivity index (χ4n) is 2.06.